The molecule has 2 N–H and O–H groups in total. The predicted molar refractivity (Wildman–Crippen MR) is 138 cm³/mol. The Morgan fingerprint density at radius 1 is 1.10 bits per heavy atom. The number of amides is 1. The van der Waals surface area contributed by atoms with Crippen molar-refractivity contribution in [3.05, 3.63) is 66.1 Å². The Kier molecular flexibility index (Phi) is 7.59. The van der Waals surface area contributed by atoms with Gasteiger partial charge in [-0.25, -0.2) is 33.1 Å². The molecule has 13 heteroatoms. The lowest BCUT2D eigenvalue weighted by Gasteiger charge is -2.32. The molecule has 1 aromatic carbocycles. The number of benzene rings is 1. The van der Waals surface area contributed by atoms with Gasteiger partial charge in [-0.1, -0.05) is 0 Å². The average Bonchev–Trinajstić information content (AvgIpc) is 3.30. The summed E-state index contributed by atoms with van der Waals surface area (Å²) >= 11 is 0. The maximum Gasteiger partial charge on any atom is 0.253 e. The van der Waals surface area contributed by atoms with Crippen LogP contribution in [-0.4, -0.2) is 73.7 Å². The Hall–Kier alpha value is -4.26. The predicted octanol–water partition coefficient (Wildman–Crippen LogP) is 3.68. The topological polar surface area (TPSA) is 112 Å². The number of carbonyl (C=O) groups is 1. The molecular formula is C26H27F3N8O2. The quantitative estimate of drug-likeness (QED) is 0.348. The highest BCUT2D eigenvalue weighted by atomic mass is 19.1. The molecule has 0 spiro atoms. The molecule has 1 amide bonds. The molecule has 4 aromatic rings. The minimum atomic E-state index is -0.696. The standard InChI is InChI=1S/C26H27F3N8O2/c1-35(7-2-10-38)25(39)16-3-4-21(19(28)11-16)34-23-22-20(29)14-37(24(22)33-15-32-23)18-5-8-36(9-6-18)26-30-12-17(27)13-31-26/h3-4,11-15,18,38H,2,5-10H2,1H3,(H,32,33,34). The van der Waals surface area contributed by atoms with Gasteiger partial charge in [-0.05, 0) is 37.5 Å². The normalized spacial score (nSPS) is 14.1. The van der Waals surface area contributed by atoms with E-state index in [-0.39, 0.29) is 41.0 Å². The van der Waals surface area contributed by atoms with Crippen LogP contribution < -0.4 is 10.2 Å². The molecule has 1 aliphatic heterocycles. The van der Waals surface area contributed by atoms with Crippen molar-refractivity contribution in [2.75, 3.05) is 43.5 Å². The number of fused-ring (bicyclic) bond motifs is 1. The maximum absolute atomic E-state index is 15.2. The summed E-state index contributed by atoms with van der Waals surface area (Å²) in [6, 6.07) is 3.93. The van der Waals surface area contributed by atoms with Crippen molar-refractivity contribution >= 4 is 34.4 Å². The highest BCUT2D eigenvalue weighted by molar-refractivity contribution is 5.95. The van der Waals surface area contributed by atoms with Crippen LogP contribution in [0, 0.1) is 17.5 Å². The molecule has 0 aliphatic carbocycles. The molecule has 0 unspecified atom stereocenters. The summed E-state index contributed by atoms with van der Waals surface area (Å²) in [5.74, 6) is -1.57. The van der Waals surface area contributed by atoms with Crippen molar-refractivity contribution in [1.82, 2.24) is 29.4 Å². The van der Waals surface area contributed by atoms with Crippen LogP contribution in [0.15, 0.2) is 43.1 Å². The van der Waals surface area contributed by atoms with E-state index in [0.717, 1.165) is 18.5 Å². The molecule has 1 aliphatic rings. The number of hydrogen-bond donors (Lipinski definition) is 2. The highest BCUT2D eigenvalue weighted by Crippen LogP contribution is 2.33. The number of nitrogens with zero attached hydrogens (tertiary/aromatic N) is 7. The van der Waals surface area contributed by atoms with Gasteiger partial charge in [-0.2, -0.15) is 0 Å². The fourth-order valence-electron chi connectivity index (χ4n) is 4.73. The van der Waals surface area contributed by atoms with Gasteiger partial charge in [0.2, 0.25) is 5.95 Å². The largest absolute Gasteiger partial charge is 0.396 e. The van der Waals surface area contributed by atoms with E-state index >= 15 is 4.39 Å². The first-order chi connectivity index (χ1) is 18.9. The lowest BCUT2D eigenvalue weighted by molar-refractivity contribution is 0.0786. The Bertz CT molecular complexity index is 1470. The number of aromatic nitrogens is 5. The second-order valence-electron chi connectivity index (χ2n) is 9.35. The number of carbonyl (C=O) groups excluding carboxylic acids is 1. The molecule has 204 valence electrons. The molecule has 10 nitrogen and oxygen atoms in total. The molecule has 5 rings (SSSR count). The number of piperidine rings is 1. The molecule has 39 heavy (non-hydrogen) atoms. The van der Waals surface area contributed by atoms with Crippen molar-refractivity contribution in [3.8, 4) is 0 Å². The summed E-state index contributed by atoms with van der Waals surface area (Å²) in [5.41, 5.74) is 0.560. The number of nitrogens with one attached hydrogen (secondary N) is 1. The van der Waals surface area contributed by atoms with E-state index in [0.29, 0.717) is 50.5 Å². The maximum atomic E-state index is 15.2. The van der Waals surface area contributed by atoms with E-state index < -0.39 is 17.5 Å². The molecular weight excluding hydrogens is 513 g/mol. The van der Waals surface area contributed by atoms with Gasteiger partial charge in [0.1, 0.15) is 23.6 Å². The van der Waals surface area contributed by atoms with Crippen LogP contribution in [0.4, 0.5) is 30.6 Å². The van der Waals surface area contributed by atoms with Crippen molar-refractivity contribution in [1.29, 1.82) is 0 Å². The number of hydrogen-bond acceptors (Lipinski definition) is 8. The van der Waals surface area contributed by atoms with Crippen molar-refractivity contribution in [3.63, 3.8) is 0 Å². The molecule has 0 atom stereocenters. The molecule has 3 aromatic heterocycles. The first kappa shape index (κ1) is 26.4. The Morgan fingerprint density at radius 3 is 2.54 bits per heavy atom. The van der Waals surface area contributed by atoms with Crippen LogP contribution in [0.3, 0.4) is 0 Å². The average molecular weight is 541 g/mol. The van der Waals surface area contributed by atoms with E-state index in [1.165, 1.54) is 29.6 Å². The SMILES string of the molecule is CN(CCCO)C(=O)c1ccc(Nc2ncnc3c2c(F)cn3C2CCN(c3ncc(F)cn3)CC2)c(F)c1. The summed E-state index contributed by atoms with van der Waals surface area (Å²) in [6.07, 6.45) is 6.65. The molecule has 1 fully saturated rings. The fraction of sp³-hybridized carbons (Fsp3) is 0.346. The van der Waals surface area contributed by atoms with Crippen LogP contribution >= 0.6 is 0 Å². The van der Waals surface area contributed by atoms with Crippen LogP contribution in [0.1, 0.15) is 35.7 Å². The van der Waals surface area contributed by atoms with Crippen LogP contribution in [0.5, 0.6) is 0 Å². The number of aliphatic hydroxyl groups excluding tert-OH is 1. The number of rotatable bonds is 8. The molecule has 0 saturated carbocycles. The van der Waals surface area contributed by atoms with Gasteiger partial charge in [0.05, 0.1) is 23.5 Å². The van der Waals surface area contributed by atoms with Crippen molar-refractivity contribution < 1.29 is 23.1 Å². The van der Waals surface area contributed by atoms with Gasteiger partial charge in [-0.3, -0.25) is 4.79 Å². The van der Waals surface area contributed by atoms with E-state index in [4.69, 9.17) is 5.11 Å². The Labute approximate surface area is 222 Å². The monoisotopic (exact) mass is 540 g/mol. The smallest absolute Gasteiger partial charge is 0.253 e. The Morgan fingerprint density at radius 2 is 1.85 bits per heavy atom. The van der Waals surface area contributed by atoms with Gasteiger partial charge in [0, 0.05) is 51.1 Å². The van der Waals surface area contributed by atoms with Crippen LogP contribution in [0.25, 0.3) is 11.0 Å². The lowest BCUT2D eigenvalue weighted by Crippen LogP contribution is -2.35. The van der Waals surface area contributed by atoms with Crippen molar-refractivity contribution in [2.24, 2.45) is 0 Å². The van der Waals surface area contributed by atoms with Crippen molar-refractivity contribution in [2.45, 2.75) is 25.3 Å². The van der Waals surface area contributed by atoms with Gasteiger partial charge in [-0.15, -0.1) is 0 Å². The van der Waals surface area contributed by atoms with E-state index in [1.54, 1.807) is 11.6 Å². The minimum Gasteiger partial charge on any atom is -0.396 e. The zero-order chi connectivity index (χ0) is 27.5. The second kappa shape index (κ2) is 11.2. The van der Waals surface area contributed by atoms with Gasteiger partial charge >= 0.3 is 0 Å². The summed E-state index contributed by atoms with van der Waals surface area (Å²) < 4.78 is 45.1. The lowest BCUT2D eigenvalue weighted by atomic mass is 10.1. The Balaban J connectivity index is 1.33. The first-order valence-electron chi connectivity index (χ1n) is 12.5. The third-order valence-corrected chi connectivity index (χ3v) is 6.78. The van der Waals surface area contributed by atoms with E-state index in [1.807, 2.05) is 4.90 Å². The highest BCUT2D eigenvalue weighted by Gasteiger charge is 2.26. The third kappa shape index (κ3) is 5.48. The van der Waals surface area contributed by atoms with Gasteiger partial charge in [0.15, 0.2) is 11.6 Å². The van der Waals surface area contributed by atoms with Gasteiger partial charge < -0.3 is 24.8 Å². The zero-order valence-electron chi connectivity index (χ0n) is 21.2. The van der Waals surface area contributed by atoms with E-state index in [2.05, 4.69) is 25.3 Å². The molecule has 0 bridgehead atoms. The van der Waals surface area contributed by atoms with Gasteiger partial charge in [0.25, 0.3) is 5.91 Å². The summed E-state index contributed by atoms with van der Waals surface area (Å²) in [6.45, 7) is 1.48. The van der Waals surface area contributed by atoms with Crippen LogP contribution in [0.2, 0.25) is 0 Å². The molecule has 0 radical (unpaired) electrons. The summed E-state index contributed by atoms with van der Waals surface area (Å²) in [5, 5.41) is 11.9. The summed E-state index contributed by atoms with van der Waals surface area (Å²) in [4.78, 5) is 32.4. The summed E-state index contributed by atoms with van der Waals surface area (Å²) in [7, 11) is 1.58. The number of halogens is 3. The van der Waals surface area contributed by atoms with E-state index in [9.17, 15) is 13.6 Å². The second-order valence-corrected chi connectivity index (χ2v) is 9.35. The third-order valence-electron chi connectivity index (χ3n) is 6.78. The fourth-order valence-corrected chi connectivity index (χ4v) is 4.73. The van der Waals surface area contributed by atoms with Crippen LogP contribution in [-0.2, 0) is 0 Å². The first-order valence-corrected chi connectivity index (χ1v) is 12.5. The minimum absolute atomic E-state index is 0.0318. The molecule has 1 saturated heterocycles. The zero-order valence-corrected chi connectivity index (χ0v) is 21.2. The molecule has 4 heterocycles. The number of anilines is 3. The number of aliphatic hydroxyl groups is 1.